The molecule has 0 spiro atoms. The van der Waals surface area contributed by atoms with Crippen molar-refractivity contribution < 1.29 is 28.1 Å². The molecule has 0 radical (unpaired) electrons. The number of ether oxygens (including phenoxy) is 3. The van der Waals surface area contributed by atoms with Gasteiger partial charge in [-0.05, 0) is 30.0 Å². The van der Waals surface area contributed by atoms with Gasteiger partial charge >= 0.3 is 6.61 Å². The molecule has 1 saturated carbocycles. The average Bonchev–Trinajstić information content (AvgIpc) is 3.10. The third kappa shape index (κ3) is 5.28. The highest BCUT2D eigenvalue weighted by Gasteiger charge is 2.23. The number of benzene rings is 1. The number of halogens is 2. The van der Waals surface area contributed by atoms with Crippen LogP contribution in [0.5, 0.6) is 11.5 Å². The molecule has 0 amide bonds. The summed E-state index contributed by atoms with van der Waals surface area (Å²) in [7, 11) is 0. The van der Waals surface area contributed by atoms with Gasteiger partial charge in [0.1, 0.15) is 6.10 Å². The second-order valence-corrected chi connectivity index (χ2v) is 6.94. The smallest absolute Gasteiger partial charge is 0.387 e. The van der Waals surface area contributed by atoms with Crippen molar-refractivity contribution in [3.8, 4) is 11.5 Å². The molecule has 1 heterocycles. The summed E-state index contributed by atoms with van der Waals surface area (Å²) in [5.41, 5.74) is 0.682. The summed E-state index contributed by atoms with van der Waals surface area (Å²) in [5.74, 6) is 0.764. The Kier molecular flexibility index (Phi) is 6.48. The van der Waals surface area contributed by atoms with Crippen molar-refractivity contribution in [1.29, 1.82) is 0 Å². The van der Waals surface area contributed by atoms with E-state index in [0.717, 1.165) is 12.8 Å². The van der Waals surface area contributed by atoms with Gasteiger partial charge in [0.25, 0.3) is 0 Å². The maximum Gasteiger partial charge on any atom is 0.387 e. The third-order valence-corrected chi connectivity index (χ3v) is 5.03. The van der Waals surface area contributed by atoms with Gasteiger partial charge in [-0.25, -0.2) is 0 Å². The first-order chi connectivity index (χ1) is 12.1. The maximum absolute atomic E-state index is 12.6. The van der Waals surface area contributed by atoms with E-state index in [-0.39, 0.29) is 17.6 Å². The standard InChI is InChI=1S/C19H26F2O4/c20-19(21)25-17-7-6-14(11-18(17)24-15-8-9-23-12-15)16(22)10-13-4-2-1-3-5-13/h6-7,11,13,15-16,19,22H,1-5,8-10,12H2. The predicted octanol–water partition coefficient (Wildman–Crippen LogP) is 4.46. The molecule has 1 aromatic carbocycles. The summed E-state index contributed by atoms with van der Waals surface area (Å²) >= 11 is 0. The summed E-state index contributed by atoms with van der Waals surface area (Å²) < 4.78 is 40.9. The fourth-order valence-electron chi connectivity index (χ4n) is 3.68. The van der Waals surface area contributed by atoms with E-state index in [0.29, 0.717) is 37.5 Å². The zero-order chi connectivity index (χ0) is 17.6. The van der Waals surface area contributed by atoms with Crippen LogP contribution in [0.2, 0.25) is 0 Å². The number of aliphatic hydroxyl groups excluding tert-OH is 1. The lowest BCUT2D eigenvalue weighted by Gasteiger charge is -2.25. The molecule has 3 rings (SSSR count). The van der Waals surface area contributed by atoms with E-state index in [1.165, 1.54) is 25.3 Å². The molecule has 0 bridgehead atoms. The zero-order valence-electron chi connectivity index (χ0n) is 14.3. The number of hydrogen-bond donors (Lipinski definition) is 1. The lowest BCUT2D eigenvalue weighted by atomic mass is 9.84. The van der Waals surface area contributed by atoms with Crippen LogP contribution in [0.1, 0.15) is 56.6 Å². The Hall–Kier alpha value is -1.40. The normalized spacial score (nSPS) is 23.0. The lowest BCUT2D eigenvalue weighted by molar-refractivity contribution is -0.0521. The minimum atomic E-state index is -2.92. The summed E-state index contributed by atoms with van der Waals surface area (Å²) in [4.78, 5) is 0. The molecule has 2 atom stereocenters. The van der Waals surface area contributed by atoms with E-state index in [4.69, 9.17) is 9.47 Å². The highest BCUT2D eigenvalue weighted by atomic mass is 19.3. The Labute approximate surface area is 147 Å². The molecule has 1 aromatic rings. The van der Waals surface area contributed by atoms with Crippen LogP contribution >= 0.6 is 0 Å². The molecule has 1 aliphatic heterocycles. The molecule has 6 heteroatoms. The van der Waals surface area contributed by atoms with E-state index in [9.17, 15) is 13.9 Å². The van der Waals surface area contributed by atoms with Crippen LogP contribution in [0.25, 0.3) is 0 Å². The van der Waals surface area contributed by atoms with Crippen molar-refractivity contribution in [2.45, 2.75) is 63.8 Å². The molecular weight excluding hydrogens is 330 g/mol. The monoisotopic (exact) mass is 356 g/mol. The maximum atomic E-state index is 12.6. The molecule has 4 nitrogen and oxygen atoms in total. The van der Waals surface area contributed by atoms with Crippen LogP contribution < -0.4 is 9.47 Å². The zero-order valence-corrected chi connectivity index (χ0v) is 14.3. The second kappa shape index (κ2) is 8.81. The quantitative estimate of drug-likeness (QED) is 0.784. The van der Waals surface area contributed by atoms with Crippen LogP contribution in [0.4, 0.5) is 8.78 Å². The lowest BCUT2D eigenvalue weighted by Crippen LogP contribution is -2.17. The predicted molar refractivity (Wildman–Crippen MR) is 89.1 cm³/mol. The fourth-order valence-corrected chi connectivity index (χ4v) is 3.68. The first-order valence-corrected chi connectivity index (χ1v) is 9.13. The fraction of sp³-hybridized carbons (Fsp3) is 0.684. The molecule has 2 unspecified atom stereocenters. The van der Waals surface area contributed by atoms with Gasteiger partial charge in [-0.2, -0.15) is 8.78 Å². The van der Waals surface area contributed by atoms with E-state index in [2.05, 4.69) is 4.74 Å². The molecule has 2 fully saturated rings. The van der Waals surface area contributed by atoms with E-state index < -0.39 is 12.7 Å². The van der Waals surface area contributed by atoms with Crippen LogP contribution in [0, 0.1) is 5.92 Å². The minimum Gasteiger partial charge on any atom is -0.484 e. The van der Waals surface area contributed by atoms with Gasteiger partial charge < -0.3 is 19.3 Å². The first kappa shape index (κ1) is 18.4. The van der Waals surface area contributed by atoms with Gasteiger partial charge in [0.15, 0.2) is 11.5 Å². The second-order valence-electron chi connectivity index (χ2n) is 6.94. The Morgan fingerprint density at radius 1 is 1.12 bits per heavy atom. The molecule has 0 aromatic heterocycles. The SMILES string of the molecule is OC(CC1CCCCC1)c1ccc(OC(F)F)c(OC2CCOC2)c1. The molecule has 1 saturated heterocycles. The van der Waals surface area contributed by atoms with Crippen LogP contribution in [0.15, 0.2) is 18.2 Å². The third-order valence-electron chi connectivity index (χ3n) is 5.03. The molecule has 140 valence electrons. The van der Waals surface area contributed by atoms with E-state index in [1.54, 1.807) is 12.1 Å². The Bertz CT molecular complexity index is 540. The summed E-state index contributed by atoms with van der Waals surface area (Å²) in [5, 5.41) is 10.6. The largest absolute Gasteiger partial charge is 0.484 e. The van der Waals surface area contributed by atoms with Gasteiger partial charge in [-0.1, -0.05) is 38.2 Å². The van der Waals surface area contributed by atoms with Crippen molar-refractivity contribution in [1.82, 2.24) is 0 Å². The highest BCUT2D eigenvalue weighted by Crippen LogP contribution is 2.37. The van der Waals surface area contributed by atoms with E-state index in [1.807, 2.05) is 0 Å². The van der Waals surface area contributed by atoms with Crippen molar-refractivity contribution in [3.63, 3.8) is 0 Å². The van der Waals surface area contributed by atoms with Gasteiger partial charge in [-0.3, -0.25) is 0 Å². The Balaban J connectivity index is 1.71. The number of aliphatic hydroxyl groups is 1. The van der Waals surface area contributed by atoms with Crippen LogP contribution in [0.3, 0.4) is 0 Å². The van der Waals surface area contributed by atoms with Crippen molar-refractivity contribution in [3.05, 3.63) is 23.8 Å². The first-order valence-electron chi connectivity index (χ1n) is 9.13. The molecule has 25 heavy (non-hydrogen) atoms. The van der Waals surface area contributed by atoms with Crippen LogP contribution in [-0.4, -0.2) is 31.0 Å². The molecular formula is C19H26F2O4. The molecule has 1 aliphatic carbocycles. The van der Waals surface area contributed by atoms with Gasteiger partial charge in [-0.15, -0.1) is 0 Å². The number of alkyl halides is 2. The van der Waals surface area contributed by atoms with Crippen LogP contribution in [-0.2, 0) is 4.74 Å². The number of rotatable bonds is 7. The Morgan fingerprint density at radius 3 is 2.60 bits per heavy atom. The topological polar surface area (TPSA) is 47.9 Å². The molecule has 1 N–H and O–H groups in total. The minimum absolute atomic E-state index is 0.00415. The summed E-state index contributed by atoms with van der Waals surface area (Å²) in [6.45, 7) is -1.89. The number of hydrogen-bond acceptors (Lipinski definition) is 4. The van der Waals surface area contributed by atoms with Crippen molar-refractivity contribution >= 4 is 0 Å². The van der Waals surface area contributed by atoms with Gasteiger partial charge in [0.05, 0.1) is 19.3 Å². The average molecular weight is 356 g/mol. The Morgan fingerprint density at radius 2 is 1.92 bits per heavy atom. The van der Waals surface area contributed by atoms with Crippen molar-refractivity contribution in [2.75, 3.05) is 13.2 Å². The van der Waals surface area contributed by atoms with Gasteiger partial charge in [0, 0.05) is 6.42 Å². The van der Waals surface area contributed by atoms with E-state index >= 15 is 0 Å². The molecule has 2 aliphatic rings. The summed E-state index contributed by atoms with van der Waals surface area (Å²) in [6, 6.07) is 4.73. The highest BCUT2D eigenvalue weighted by molar-refractivity contribution is 5.44. The van der Waals surface area contributed by atoms with Crippen molar-refractivity contribution in [2.24, 2.45) is 5.92 Å². The van der Waals surface area contributed by atoms with Gasteiger partial charge in [0.2, 0.25) is 0 Å². The summed E-state index contributed by atoms with van der Waals surface area (Å²) in [6.07, 6.45) is 6.61.